The molecule has 0 N–H and O–H groups in total. The van der Waals surface area contributed by atoms with Crippen LogP contribution < -0.4 is 14.4 Å². The van der Waals surface area contributed by atoms with Gasteiger partial charge in [-0.1, -0.05) is 0 Å². The van der Waals surface area contributed by atoms with Crippen LogP contribution in [0.1, 0.15) is 0 Å². The van der Waals surface area contributed by atoms with Crippen LogP contribution in [-0.2, 0) is 0 Å². The Morgan fingerprint density at radius 3 is 2.50 bits per heavy atom. The zero-order valence-corrected chi connectivity index (χ0v) is 9.86. The van der Waals surface area contributed by atoms with Crippen molar-refractivity contribution in [3.63, 3.8) is 0 Å². The van der Waals surface area contributed by atoms with Gasteiger partial charge in [-0.2, -0.15) is 0 Å². The quantitative estimate of drug-likeness (QED) is 0.713. The highest BCUT2D eigenvalue weighted by atomic mass is 19.2. The maximum atomic E-state index is 14.0. The van der Waals surface area contributed by atoms with Crippen LogP contribution in [0.4, 0.5) is 14.6 Å². The number of hydrogen-bond acceptors (Lipinski definition) is 4. The fourth-order valence-electron chi connectivity index (χ4n) is 2.28. The van der Waals surface area contributed by atoms with Gasteiger partial charge in [-0.05, 0) is 12.1 Å². The summed E-state index contributed by atoms with van der Waals surface area (Å²) in [5.74, 6) is 0.639. The Morgan fingerprint density at radius 2 is 1.72 bits per heavy atom. The Bertz CT molecular complexity index is 448. The molecule has 0 bridgehead atoms. The molecule has 18 heavy (non-hydrogen) atoms. The summed E-state index contributed by atoms with van der Waals surface area (Å²) in [6, 6.07) is 2.93. The van der Waals surface area contributed by atoms with Gasteiger partial charge < -0.3 is 14.4 Å². The third-order valence-corrected chi connectivity index (χ3v) is 3.17. The zero-order valence-electron chi connectivity index (χ0n) is 9.86. The molecule has 4 nitrogen and oxygen atoms in total. The van der Waals surface area contributed by atoms with Crippen molar-refractivity contribution >= 4 is 5.69 Å². The minimum absolute atomic E-state index is 0.268. The average Bonchev–Trinajstić information content (AvgIpc) is 2.40. The predicted octanol–water partition coefficient (Wildman–Crippen LogP) is 1.60. The van der Waals surface area contributed by atoms with Gasteiger partial charge in [-0.3, -0.25) is 0 Å². The Balaban J connectivity index is 1.95. The summed E-state index contributed by atoms with van der Waals surface area (Å²) in [6.45, 7) is 2.29. The molecule has 0 aromatic heterocycles. The summed E-state index contributed by atoms with van der Waals surface area (Å²) in [5.41, 5.74) is 0.389. The second-order valence-electron chi connectivity index (χ2n) is 4.32. The molecule has 2 aliphatic rings. The van der Waals surface area contributed by atoms with Gasteiger partial charge in [0, 0.05) is 26.2 Å². The van der Waals surface area contributed by atoms with Crippen LogP contribution in [0.25, 0.3) is 0 Å². The predicted molar refractivity (Wildman–Crippen MR) is 62.3 cm³/mol. The molecule has 2 heterocycles. The smallest absolute Gasteiger partial charge is 0.187 e. The van der Waals surface area contributed by atoms with E-state index >= 15 is 0 Å². The maximum Gasteiger partial charge on any atom is 0.187 e. The molecule has 3 rings (SSSR count). The number of piperazine rings is 1. The van der Waals surface area contributed by atoms with Crippen LogP contribution in [0.5, 0.6) is 11.5 Å². The van der Waals surface area contributed by atoms with Crippen LogP contribution in [0.2, 0.25) is 0 Å². The fourth-order valence-corrected chi connectivity index (χ4v) is 2.28. The van der Waals surface area contributed by atoms with Crippen LogP contribution in [-0.4, -0.2) is 44.5 Å². The van der Waals surface area contributed by atoms with E-state index in [4.69, 9.17) is 9.47 Å². The number of benzene rings is 1. The zero-order chi connectivity index (χ0) is 12.5. The molecule has 1 saturated heterocycles. The molecular formula is C12H14F2N2O2. The van der Waals surface area contributed by atoms with Gasteiger partial charge in [0.05, 0.1) is 0 Å². The lowest BCUT2D eigenvalue weighted by atomic mass is 10.2. The van der Waals surface area contributed by atoms with Gasteiger partial charge in [0.25, 0.3) is 0 Å². The van der Waals surface area contributed by atoms with Crippen molar-refractivity contribution in [2.24, 2.45) is 0 Å². The third-order valence-electron chi connectivity index (χ3n) is 3.17. The van der Waals surface area contributed by atoms with E-state index in [9.17, 15) is 8.87 Å². The van der Waals surface area contributed by atoms with E-state index in [2.05, 4.69) is 0 Å². The number of ether oxygens (including phenoxy) is 2. The van der Waals surface area contributed by atoms with Crippen molar-refractivity contribution in [2.45, 2.75) is 0 Å². The van der Waals surface area contributed by atoms with Gasteiger partial charge in [-0.15, -0.1) is 9.60 Å². The molecule has 2 aliphatic heterocycles. The number of fused-ring (bicyclic) bond motifs is 1. The van der Waals surface area contributed by atoms with E-state index in [1.807, 2.05) is 0 Å². The first-order valence-electron chi connectivity index (χ1n) is 5.99. The highest BCUT2D eigenvalue weighted by Crippen LogP contribution is 2.41. The number of nitrogens with zero attached hydrogens (tertiary/aromatic N) is 2. The van der Waals surface area contributed by atoms with E-state index in [1.54, 1.807) is 11.0 Å². The first-order valence-corrected chi connectivity index (χ1v) is 5.99. The van der Waals surface area contributed by atoms with E-state index < -0.39 is 0 Å². The molecule has 0 saturated carbocycles. The molecule has 0 amide bonds. The van der Waals surface area contributed by atoms with E-state index in [0.29, 0.717) is 43.5 Å². The van der Waals surface area contributed by atoms with Crippen molar-refractivity contribution in [3.05, 3.63) is 17.9 Å². The molecule has 0 atom stereocenters. The topological polar surface area (TPSA) is 24.9 Å². The maximum absolute atomic E-state index is 14.0. The normalized spacial score (nSPS) is 20.0. The SMILES string of the molecule is Fc1ccc2c(c1N1CCN(F)CC1)OCCO2. The molecule has 6 heteroatoms. The van der Waals surface area contributed by atoms with Gasteiger partial charge in [0.15, 0.2) is 17.3 Å². The molecular weight excluding hydrogens is 242 g/mol. The number of hydrogen-bond donors (Lipinski definition) is 0. The van der Waals surface area contributed by atoms with Gasteiger partial charge in [-0.25, -0.2) is 4.39 Å². The first-order chi connectivity index (χ1) is 8.75. The third kappa shape index (κ3) is 1.96. The lowest BCUT2D eigenvalue weighted by Gasteiger charge is -2.34. The number of halogens is 2. The largest absolute Gasteiger partial charge is 0.486 e. The lowest BCUT2D eigenvalue weighted by molar-refractivity contribution is 0.0197. The summed E-state index contributed by atoms with van der Waals surface area (Å²) in [4.78, 5) is 1.80. The standard InChI is InChI=1S/C12H14F2N2O2/c13-9-1-2-10-12(18-8-7-17-10)11(9)15-3-5-16(14)6-4-15/h1-2H,3-8H2. The molecule has 1 aromatic carbocycles. The molecule has 1 aromatic rings. The van der Waals surface area contributed by atoms with Crippen LogP contribution >= 0.6 is 0 Å². The summed E-state index contributed by atoms with van der Waals surface area (Å²) in [6.07, 6.45) is 0. The molecule has 0 unspecified atom stereocenters. The van der Waals surface area contributed by atoms with E-state index in [1.165, 1.54) is 6.07 Å². The number of anilines is 1. The minimum Gasteiger partial charge on any atom is -0.486 e. The molecule has 98 valence electrons. The molecule has 0 radical (unpaired) electrons. The molecule has 0 spiro atoms. The van der Waals surface area contributed by atoms with Crippen LogP contribution in [0.3, 0.4) is 0 Å². The highest BCUT2D eigenvalue weighted by Gasteiger charge is 2.26. The van der Waals surface area contributed by atoms with Crippen molar-refractivity contribution in [3.8, 4) is 11.5 Å². The number of rotatable bonds is 1. The Labute approximate surface area is 104 Å². The minimum atomic E-state index is -0.355. The van der Waals surface area contributed by atoms with Crippen molar-refractivity contribution < 1.29 is 18.3 Å². The molecule has 1 fully saturated rings. The Kier molecular flexibility index (Phi) is 2.95. The summed E-state index contributed by atoms with van der Waals surface area (Å²) in [7, 11) is 0. The lowest BCUT2D eigenvalue weighted by Crippen LogP contribution is -2.43. The Morgan fingerprint density at radius 1 is 1.00 bits per heavy atom. The second-order valence-corrected chi connectivity index (χ2v) is 4.32. The fraction of sp³-hybridized carbons (Fsp3) is 0.500. The first kappa shape index (κ1) is 11.5. The summed E-state index contributed by atoms with van der Waals surface area (Å²) in [5, 5.41) is 0.737. The van der Waals surface area contributed by atoms with Gasteiger partial charge in [0.2, 0.25) is 0 Å². The van der Waals surface area contributed by atoms with E-state index in [0.717, 1.165) is 5.12 Å². The average molecular weight is 256 g/mol. The highest BCUT2D eigenvalue weighted by molar-refractivity contribution is 5.66. The van der Waals surface area contributed by atoms with Crippen LogP contribution in [0.15, 0.2) is 12.1 Å². The molecule has 0 aliphatic carbocycles. The van der Waals surface area contributed by atoms with E-state index in [-0.39, 0.29) is 18.9 Å². The van der Waals surface area contributed by atoms with Crippen molar-refractivity contribution in [1.29, 1.82) is 0 Å². The van der Waals surface area contributed by atoms with Crippen LogP contribution in [0, 0.1) is 5.82 Å². The van der Waals surface area contributed by atoms with Gasteiger partial charge in [0.1, 0.15) is 18.9 Å². The second kappa shape index (κ2) is 4.61. The Hall–Kier alpha value is -1.56. The monoisotopic (exact) mass is 256 g/mol. The summed E-state index contributed by atoms with van der Waals surface area (Å²) < 4.78 is 37.9. The van der Waals surface area contributed by atoms with Crippen molar-refractivity contribution in [2.75, 3.05) is 44.3 Å². The summed E-state index contributed by atoms with van der Waals surface area (Å²) >= 11 is 0. The van der Waals surface area contributed by atoms with Crippen molar-refractivity contribution in [1.82, 2.24) is 5.12 Å². The van der Waals surface area contributed by atoms with Gasteiger partial charge >= 0.3 is 0 Å².